The van der Waals surface area contributed by atoms with Gasteiger partial charge < -0.3 is 15.0 Å². The molecule has 1 N–H and O–H groups in total. The summed E-state index contributed by atoms with van der Waals surface area (Å²) in [6, 6.07) is 0. The Morgan fingerprint density at radius 1 is 1.33 bits per heavy atom. The Balaban J connectivity index is 1.98. The van der Waals surface area contributed by atoms with E-state index in [9.17, 15) is 9.59 Å². The number of hydrogen-bond donors (Lipinski definition) is 1. The molecule has 1 saturated heterocycles. The molecule has 0 aromatic rings. The Morgan fingerprint density at radius 2 is 2.05 bits per heavy atom. The summed E-state index contributed by atoms with van der Waals surface area (Å²) < 4.78 is 5.49. The number of carbonyl (C=O) groups is 2. The van der Waals surface area contributed by atoms with Crippen LogP contribution in [0.4, 0.5) is 0 Å². The number of nitrogens with one attached hydrogen (secondary N) is 1. The second-order valence-corrected chi connectivity index (χ2v) is 6.24. The molecule has 2 rings (SSSR count). The highest BCUT2D eigenvalue weighted by atomic mass is 16.5. The van der Waals surface area contributed by atoms with Crippen LogP contribution in [0.15, 0.2) is 12.2 Å². The van der Waals surface area contributed by atoms with Crippen molar-refractivity contribution in [2.45, 2.75) is 51.0 Å². The molecule has 1 spiro atoms. The molecule has 5 nitrogen and oxygen atoms in total. The fourth-order valence-electron chi connectivity index (χ4n) is 3.15. The summed E-state index contributed by atoms with van der Waals surface area (Å²) >= 11 is 0. The summed E-state index contributed by atoms with van der Waals surface area (Å²) in [5, 5.41) is 3.00. The summed E-state index contributed by atoms with van der Waals surface area (Å²) in [7, 11) is 0. The first-order valence-corrected chi connectivity index (χ1v) is 7.86. The predicted octanol–water partition coefficient (Wildman–Crippen LogP) is 1.63. The van der Waals surface area contributed by atoms with E-state index in [2.05, 4.69) is 11.9 Å². The number of amides is 2. The van der Waals surface area contributed by atoms with Gasteiger partial charge in [0, 0.05) is 19.5 Å². The van der Waals surface area contributed by atoms with E-state index in [4.69, 9.17) is 4.74 Å². The Labute approximate surface area is 126 Å². The van der Waals surface area contributed by atoms with Crippen molar-refractivity contribution >= 4 is 11.8 Å². The zero-order valence-electron chi connectivity index (χ0n) is 13.0. The number of ether oxygens (including phenoxy) is 1. The molecule has 1 aliphatic heterocycles. The van der Waals surface area contributed by atoms with E-state index >= 15 is 0 Å². The summed E-state index contributed by atoms with van der Waals surface area (Å²) in [4.78, 5) is 26.6. The van der Waals surface area contributed by atoms with Gasteiger partial charge >= 0.3 is 0 Å². The van der Waals surface area contributed by atoms with E-state index in [1.54, 1.807) is 4.90 Å². The van der Waals surface area contributed by atoms with Gasteiger partial charge in [-0.2, -0.15) is 0 Å². The molecule has 1 saturated carbocycles. The van der Waals surface area contributed by atoms with Crippen LogP contribution in [0, 0.1) is 0 Å². The molecular formula is C16H26N2O3. The Kier molecular flexibility index (Phi) is 5.39. The molecule has 0 aromatic heterocycles. The van der Waals surface area contributed by atoms with Gasteiger partial charge in [0.25, 0.3) is 0 Å². The first kappa shape index (κ1) is 16.0. The van der Waals surface area contributed by atoms with Gasteiger partial charge in [-0.15, -0.1) is 0 Å². The van der Waals surface area contributed by atoms with Gasteiger partial charge in [0.05, 0.1) is 13.2 Å². The van der Waals surface area contributed by atoms with Gasteiger partial charge in [-0.3, -0.25) is 9.59 Å². The smallest absolute Gasteiger partial charge is 0.248 e. The van der Waals surface area contributed by atoms with Gasteiger partial charge in [0.1, 0.15) is 5.54 Å². The standard InChI is InChI=1S/C16H26N2O3/c1-13(2)12-21-11-10-18-9-6-14(19)17-16(15(18)20)7-4-3-5-8-16/h1,3-12H2,2H3,(H,17,19). The number of carbonyl (C=O) groups excluding carboxylic acids is 2. The lowest BCUT2D eigenvalue weighted by Gasteiger charge is -2.38. The maximum Gasteiger partial charge on any atom is 0.248 e. The van der Waals surface area contributed by atoms with Gasteiger partial charge in [-0.25, -0.2) is 0 Å². The zero-order chi connectivity index (χ0) is 15.3. The molecule has 1 aliphatic carbocycles. The van der Waals surface area contributed by atoms with E-state index in [0.29, 0.717) is 32.7 Å². The van der Waals surface area contributed by atoms with Crippen molar-refractivity contribution in [2.75, 3.05) is 26.3 Å². The molecule has 21 heavy (non-hydrogen) atoms. The van der Waals surface area contributed by atoms with Gasteiger partial charge in [-0.05, 0) is 19.8 Å². The molecule has 118 valence electrons. The van der Waals surface area contributed by atoms with E-state index in [1.165, 1.54) is 0 Å². The molecule has 5 heteroatoms. The van der Waals surface area contributed by atoms with E-state index in [-0.39, 0.29) is 11.8 Å². The first-order chi connectivity index (χ1) is 10.0. The number of hydrogen-bond acceptors (Lipinski definition) is 3. The first-order valence-electron chi connectivity index (χ1n) is 7.86. The van der Waals surface area contributed by atoms with Gasteiger partial charge in [0.2, 0.25) is 11.8 Å². The lowest BCUT2D eigenvalue weighted by Crippen LogP contribution is -2.58. The molecule has 0 aromatic carbocycles. The monoisotopic (exact) mass is 294 g/mol. The normalized spacial score (nSPS) is 22.0. The van der Waals surface area contributed by atoms with Gasteiger partial charge in [-0.1, -0.05) is 31.4 Å². The highest BCUT2D eigenvalue weighted by molar-refractivity contribution is 5.93. The SMILES string of the molecule is C=C(C)COCCN1CCC(=O)NC2(CCCCC2)C1=O. The van der Waals surface area contributed by atoms with Crippen molar-refractivity contribution < 1.29 is 14.3 Å². The van der Waals surface area contributed by atoms with Crippen LogP contribution in [0.1, 0.15) is 45.4 Å². The van der Waals surface area contributed by atoms with E-state index in [1.807, 2.05) is 6.92 Å². The lowest BCUT2D eigenvalue weighted by molar-refractivity contribution is -0.141. The minimum absolute atomic E-state index is 0.00407. The quantitative estimate of drug-likeness (QED) is 0.619. The van der Waals surface area contributed by atoms with E-state index in [0.717, 1.165) is 37.7 Å². The minimum Gasteiger partial charge on any atom is -0.375 e. The number of rotatable bonds is 5. The highest BCUT2D eigenvalue weighted by Crippen LogP contribution is 2.31. The van der Waals surface area contributed by atoms with Crippen LogP contribution in [0.3, 0.4) is 0 Å². The lowest BCUT2D eigenvalue weighted by atomic mass is 9.80. The topological polar surface area (TPSA) is 58.6 Å². The molecule has 0 atom stereocenters. The van der Waals surface area contributed by atoms with Crippen molar-refractivity contribution in [3.05, 3.63) is 12.2 Å². The van der Waals surface area contributed by atoms with Crippen molar-refractivity contribution in [2.24, 2.45) is 0 Å². The predicted molar refractivity (Wildman–Crippen MR) is 80.8 cm³/mol. The molecule has 2 amide bonds. The minimum atomic E-state index is -0.653. The molecule has 2 aliphatic rings. The second kappa shape index (κ2) is 7.07. The Morgan fingerprint density at radius 3 is 2.71 bits per heavy atom. The maximum atomic E-state index is 12.8. The maximum absolute atomic E-state index is 12.8. The average Bonchev–Trinajstić information content (AvgIpc) is 2.56. The Hall–Kier alpha value is -1.36. The average molecular weight is 294 g/mol. The van der Waals surface area contributed by atoms with Gasteiger partial charge in [0.15, 0.2) is 0 Å². The summed E-state index contributed by atoms with van der Waals surface area (Å²) in [6.07, 6.45) is 5.07. The largest absolute Gasteiger partial charge is 0.375 e. The van der Waals surface area contributed by atoms with Crippen LogP contribution in [0.5, 0.6) is 0 Å². The third-order valence-corrected chi connectivity index (χ3v) is 4.25. The number of nitrogens with zero attached hydrogens (tertiary/aromatic N) is 1. The molecule has 2 fully saturated rings. The van der Waals surface area contributed by atoms with Crippen LogP contribution in [0.25, 0.3) is 0 Å². The molecule has 1 heterocycles. The summed E-state index contributed by atoms with van der Waals surface area (Å²) in [6.45, 7) is 7.74. The van der Waals surface area contributed by atoms with E-state index < -0.39 is 5.54 Å². The van der Waals surface area contributed by atoms with Crippen molar-refractivity contribution in [1.29, 1.82) is 0 Å². The van der Waals surface area contributed by atoms with Crippen LogP contribution >= 0.6 is 0 Å². The van der Waals surface area contributed by atoms with Crippen molar-refractivity contribution in [1.82, 2.24) is 10.2 Å². The van der Waals surface area contributed by atoms with Crippen molar-refractivity contribution in [3.8, 4) is 0 Å². The molecular weight excluding hydrogens is 268 g/mol. The molecule has 0 radical (unpaired) electrons. The fraction of sp³-hybridized carbons (Fsp3) is 0.750. The zero-order valence-corrected chi connectivity index (χ0v) is 13.0. The van der Waals surface area contributed by atoms with Crippen LogP contribution in [-0.4, -0.2) is 48.6 Å². The second-order valence-electron chi connectivity index (χ2n) is 6.24. The third kappa shape index (κ3) is 4.06. The highest BCUT2D eigenvalue weighted by Gasteiger charge is 2.44. The Bertz CT molecular complexity index is 414. The summed E-state index contributed by atoms with van der Waals surface area (Å²) in [5.41, 5.74) is 0.318. The molecule has 0 bridgehead atoms. The van der Waals surface area contributed by atoms with Crippen LogP contribution < -0.4 is 5.32 Å². The van der Waals surface area contributed by atoms with Crippen LogP contribution in [0.2, 0.25) is 0 Å². The van der Waals surface area contributed by atoms with Crippen molar-refractivity contribution in [3.63, 3.8) is 0 Å². The third-order valence-electron chi connectivity index (χ3n) is 4.25. The fourth-order valence-corrected chi connectivity index (χ4v) is 3.15. The summed E-state index contributed by atoms with van der Waals surface area (Å²) in [5.74, 6) is 0.0718. The van der Waals surface area contributed by atoms with Crippen LogP contribution in [-0.2, 0) is 14.3 Å². The molecule has 0 unspecified atom stereocenters.